The minimum atomic E-state index is -1.47. The third-order valence-electron chi connectivity index (χ3n) is 1.55. The lowest BCUT2D eigenvalue weighted by molar-refractivity contribution is 0.0690. The molecular formula is C8H5BrF2O2. The number of hydrogen-bond donors (Lipinski definition) is 1. The Bertz CT molecular complexity index is 352. The van der Waals surface area contributed by atoms with Gasteiger partial charge in [0.05, 0.1) is 0 Å². The Morgan fingerprint density at radius 3 is 2.31 bits per heavy atom. The Labute approximate surface area is 81.3 Å². The number of hydrogen-bond acceptors (Lipinski definition) is 1. The number of carbonyl (C=O) groups is 1. The molecule has 0 atom stereocenters. The summed E-state index contributed by atoms with van der Waals surface area (Å²) in [4.78, 5) is 10.5. The van der Waals surface area contributed by atoms with E-state index in [-0.39, 0.29) is 10.9 Å². The molecule has 0 fully saturated rings. The zero-order valence-corrected chi connectivity index (χ0v) is 7.94. The van der Waals surface area contributed by atoms with Crippen LogP contribution in [0, 0.1) is 11.6 Å². The molecule has 0 saturated carbocycles. The molecule has 2 nitrogen and oxygen atoms in total. The van der Waals surface area contributed by atoms with Gasteiger partial charge in [-0.15, -0.1) is 0 Å². The second-order valence-electron chi connectivity index (χ2n) is 2.32. The summed E-state index contributed by atoms with van der Waals surface area (Å²) in [5.41, 5.74) is -0.788. The lowest BCUT2D eigenvalue weighted by Crippen LogP contribution is -2.06. The van der Waals surface area contributed by atoms with Gasteiger partial charge in [-0.05, 0) is 12.1 Å². The molecule has 0 saturated heterocycles. The van der Waals surface area contributed by atoms with E-state index in [9.17, 15) is 13.6 Å². The van der Waals surface area contributed by atoms with E-state index in [2.05, 4.69) is 15.9 Å². The van der Waals surface area contributed by atoms with E-state index in [4.69, 9.17) is 5.11 Å². The molecule has 5 heteroatoms. The first kappa shape index (κ1) is 10.1. The zero-order valence-electron chi connectivity index (χ0n) is 6.35. The molecule has 13 heavy (non-hydrogen) atoms. The van der Waals surface area contributed by atoms with E-state index in [1.54, 1.807) is 0 Å². The van der Waals surface area contributed by atoms with E-state index in [0.29, 0.717) is 0 Å². The van der Waals surface area contributed by atoms with Crippen LogP contribution in [0.4, 0.5) is 8.78 Å². The summed E-state index contributed by atoms with van der Waals surface area (Å²) < 4.78 is 25.8. The van der Waals surface area contributed by atoms with Gasteiger partial charge in [-0.1, -0.05) is 15.9 Å². The van der Waals surface area contributed by atoms with Gasteiger partial charge >= 0.3 is 5.97 Å². The average Bonchev–Trinajstić information content (AvgIpc) is 2.07. The molecule has 1 aromatic carbocycles. The lowest BCUT2D eigenvalue weighted by Gasteiger charge is -2.04. The first-order chi connectivity index (χ1) is 6.07. The van der Waals surface area contributed by atoms with E-state index < -0.39 is 23.2 Å². The molecule has 0 amide bonds. The van der Waals surface area contributed by atoms with Crippen LogP contribution in [0.5, 0.6) is 0 Å². The molecule has 0 radical (unpaired) electrons. The van der Waals surface area contributed by atoms with Crippen molar-refractivity contribution in [3.8, 4) is 0 Å². The highest BCUT2D eigenvalue weighted by atomic mass is 79.9. The lowest BCUT2D eigenvalue weighted by atomic mass is 10.1. The first-order valence-electron chi connectivity index (χ1n) is 3.34. The summed E-state index contributed by atoms with van der Waals surface area (Å²) in [6.07, 6.45) is 0. The van der Waals surface area contributed by atoms with Crippen LogP contribution in [0.2, 0.25) is 0 Å². The summed E-state index contributed by atoms with van der Waals surface area (Å²) in [6, 6.07) is 1.70. The Morgan fingerprint density at radius 2 is 1.92 bits per heavy atom. The quantitative estimate of drug-likeness (QED) is 0.820. The Morgan fingerprint density at radius 1 is 1.38 bits per heavy atom. The van der Waals surface area contributed by atoms with E-state index in [1.807, 2.05) is 0 Å². The van der Waals surface area contributed by atoms with Crippen molar-refractivity contribution < 1.29 is 18.7 Å². The number of carboxylic acid groups (broad SMARTS) is 1. The van der Waals surface area contributed by atoms with Crippen molar-refractivity contribution in [2.24, 2.45) is 0 Å². The molecule has 0 aliphatic rings. The molecule has 70 valence electrons. The maximum absolute atomic E-state index is 12.9. The average molecular weight is 251 g/mol. The smallest absolute Gasteiger partial charge is 0.339 e. The summed E-state index contributed by atoms with van der Waals surface area (Å²) in [5.74, 6) is -3.12. The molecule has 0 unspecified atom stereocenters. The minimum absolute atomic E-state index is 0.0295. The van der Waals surface area contributed by atoms with Gasteiger partial charge in [-0.25, -0.2) is 13.6 Å². The highest BCUT2D eigenvalue weighted by molar-refractivity contribution is 9.08. The molecule has 0 aromatic heterocycles. The second kappa shape index (κ2) is 3.83. The second-order valence-corrected chi connectivity index (χ2v) is 2.88. The standard InChI is InChI=1S/C8H5BrF2O2/c9-3-4-5(10)1-2-6(11)7(4)8(12)13/h1-2H,3H2,(H,12,13). The minimum Gasteiger partial charge on any atom is -0.478 e. The largest absolute Gasteiger partial charge is 0.478 e. The van der Waals surface area contributed by atoms with Crippen LogP contribution >= 0.6 is 15.9 Å². The number of alkyl halides is 1. The Hall–Kier alpha value is -0.970. The van der Waals surface area contributed by atoms with Gasteiger partial charge in [0.25, 0.3) is 0 Å². The number of carboxylic acids is 1. The van der Waals surface area contributed by atoms with Crippen molar-refractivity contribution in [3.05, 3.63) is 34.9 Å². The van der Waals surface area contributed by atoms with Gasteiger partial charge < -0.3 is 5.11 Å². The van der Waals surface area contributed by atoms with Crippen molar-refractivity contribution in [2.75, 3.05) is 0 Å². The fourth-order valence-corrected chi connectivity index (χ4v) is 1.50. The third-order valence-corrected chi connectivity index (χ3v) is 2.11. The summed E-state index contributed by atoms with van der Waals surface area (Å²) >= 11 is 2.89. The normalized spacial score (nSPS) is 10.1. The fraction of sp³-hybridized carbons (Fsp3) is 0.125. The Kier molecular flexibility index (Phi) is 2.98. The van der Waals surface area contributed by atoms with Gasteiger partial charge in [-0.3, -0.25) is 0 Å². The van der Waals surface area contributed by atoms with E-state index in [1.165, 1.54) is 0 Å². The summed E-state index contributed by atoms with van der Waals surface area (Å²) in [7, 11) is 0. The van der Waals surface area contributed by atoms with Gasteiger partial charge in [0.2, 0.25) is 0 Å². The SMILES string of the molecule is O=C(O)c1c(F)ccc(F)c1CBr. The summed E-state index contributed by atoms with van der Waals surface area (Å²) in [5, 5.41) is 8.54. The first-order valence-corrected chi connectivity index (χ1v) is 4.46. The van der Waals surface area contributed by atoms with Crippen LogP contribution in [0.1, 0.15) is 15.9 Å². The van der Waals surface area contributed by atoms with Crippen molar-refractivity contribution in [1.29, 1.82) is 0 Å². The van der Waals surface area contributed by atoms with Crippen molar-refractivity contribution in [1.82, 2.24) is 0 Å². The molecule has 1 aromatic rings. The molecule has 1 rings (SSSR count). The van der Waals surface area contributed by atoms with Crippen molar-refractivity contribution in [3.63, 3.8) is 0 Å². The topological polar surface area (TPSA) is 37.3 Å². The number of halogens is 3. The molecule has 0 aliphatic carbocycles. The maximum Gasteiger partial charge on any atom is 0.339 e. The van der Waals surface area contributed by atoms with Crippen LogP contribution in [-0.4, -0.2) is 11.1 Å². The van der Waals surface area contributed by atoms with Crippen LogP contribution in [0.3, 0.4) is 0 Å². The molecule has 0 heterocycles. The molecule has 0 bridgehead atoms. The molecule has 0 spiro atoms. The molecule has 1 N–H and O–H groups in total. The number of aromatic carboxylic acids is 1. The highest BCUT2D eigenvalue weighted by Crippen LogP contribution is 2.19. The monoisotopic (exact) mass is 250 g/mol. The van der Waals surface area contributed by atoms with Crippen LogP contribution in [-0.2, 0) is 5.33 Å². The van der Waals surface area contributed by atoms with Gasteiger partial charge in [0.15, 0.2) is 0 Å². The number of benzene rings is 1. The van der Waals surface area contributed by atoms with Gasteiger partial charge in [0.1, 0.15) is 17.2 Å². The third kappa shape index (κ3) is 1.85. The van der Waals surface area contributed by atoms with Crippen LogP contribution < -0.4 is 0 Å². The van der Waals surface area contributed by atoms with E-state index >= 15 is 0 Å². The molecular weight excluding hydrogens is 246 g/mol. The summed E-state index contributed by atoms with van der Waals surface area (Å²) in [6.45, 7) is 0. The highest BCUT2D eigenvalue weighted by Gasteiger charge is 2.18. The number of rotatable bonds is 2. The predicted molar refractivity (Wildman–Crippen MR) is 45.9 cm³/mol. The van der Waals surface area contributed by atoms with E-state index in [0.717, 1.165) is 12.1 Å². The zero-order chi connectivity index (χ0) is 10.0. The fourth-order valence-electron chi connectivity index (χ4n) is 0.956. The van der Waals surface area contributed by atoms with Gasteiger partial charge in [-0.2, -0.15) is 0 Å². The predicted octanol–water partition coefficient (Wildman–Crippen LogP) is 2.56. The van der Waals surface area contributed by atoms with Crippen molar-refractivity contribution >= 4 is 21.9 Å². The van der Waals surface area contributed by atoms with Crippen LogP contribution in [0.25, 0.3) is 0 Å². The van der Waals surface area contributed by atoms with Crippen LogP contribution in [0.15, 0.2) is 12.1 Å². The Balaban J connectivity index is 3.43. The van der Waals surface area contributed by atoms with Gasteiger partial charge in [0, 0.05) is 10.9 Å². The van der Waals surface area contributed by atoms with Crippen molar-refractivity contribution in [2.45, 2.75) is 5.33 Å². The molecule has 0 aliphatic heterocycles. The maximum atomic E-state index is 12.9.